The highest BCUT2D eigenvalue weighted by molar-refractivity contribution is 6.06. The first-order valence-electron chi connectivity index (χ1n) is 8.22. The van der Waals surface area contributed by atoms with Crippen LogP contribution in [0.2, 0.25) is 0 Å². The SMILES string of the molecule is CN1C(=O)N(C)C2(CCN(C(=O)Nc3cc(F)c(C#N)cc3F)CC2)C1=O. The van der Waals surface area contributed by atoms with Crippen molar-refractivity contribution in [1.29, 1.82) is 5.26 Å². The molecule has 0 saturated carbocycles. The van der Waals surface area contributed by atoms with Crippen molar-refractivity contribution in [3.8, 4) is 6.07 Å². The average Bonchev–Trinajstić information content (AvgIpc) is 2.81. The minimum absolute atomic E-state index is 0.170. The molecule has 2 heterocycles. The first kappa shape index (κ1) is 18.6. The fraction of sp³-hybridized carbons (Fsp3) is 0.412. The van der Waals surface area contributed by atoms with Crippen LogP contribution in [0, 0.1) is 23.0 Å². The van der Waals surface area contributed by atoms with Gasteiger partial charge in [0.25, 0.3) is 5.91 Å². The van der Waals surface area contributed by atoms with E-state index >= 15 is 0 Å². The van der Waals surface area contributed by atoms with Gasteiger partial charge < -0.3 is 15.1 Å². The van der Waals surface area contributed by atoms with Gasteiger partial charge in [-0.1, -0.05) is 0 Å². The lowest BCUT2D eigenvalue weighted by Gasteiger charge is -2.40. The molecule has 1 spiro atoms. The van der Waals surface area contributed by atoms with Gasteiger partial charge in [-0.05, 0) is 18.9 Å². The molecule has 5 amide bonds. The van der Waals surface area contributed by atoms with Crippen LogP contribution in [-0.2, 0) is 4.79 Å². The molecule has 0 aliphatic carbocycles. The molecular weight excluding hydrogens is 360 g/mol. The van der Waals surface area contributed by atoms with E-state index in [2.05, 4.69) is 5.32 Å². The Morgan fingerprint density at radius 3 is 2.33 bits per heavy atom. The van der Waals surface area contributed by atoms with Crippen molar-refractivity contribution in [3.63, 3.8) is 0 Å². The van der Waals surface area contributed by atoms with Gasteiger partial charge in [0, 0.05) is 33.3 Å². The molecule has 1 aromatic carbocycles. The van der Waals surface area contributed by atoms with E-state index in [0.717, 1.165) is 11.0 Å². The number of urea groups is 2. The highest BCUT2D eigenvalue weighted by atomic mass is 19.1. The minimum Gasteiger partial charge on any atom is -0.324 e. The second kappa shape index (κ2) is 6.50. The molecule has 0 radical (unpaired) electrons. The zero-order valence-electron chi connectivity index (χ0n) is 14.8. The molecule has 1 aromatic rings. The van der Waals surface area contributed by atoms with Crippen LogP contribution >= 0.6 is 0 Å². The molecule has 142 valence electrons. The molecular formula is C17H17F2N5O3. The third kappa shape index (κ3) is 2.85. The second-order valence-corrected chi connectivity index (χ2v) is 6.58. The van der Waals surface area contributed by atoms with Gasteiger partial charge in [-0.3, -0.25) is 9.69 Å². The molecule has 8 nitrogen and oxygen atoms in total. The number of amides is 5. The molecule has 2 fully saturated rings. The third-order valence-corrected chi connectivity index (χ3v) is 5.22. The number of nitriles is 1. The Hall–Kier alpha value is -3.22. The van der Waals surface area contributed by atoms with Crippen molar-refractivity contribution in [2.45, 2.75) is 18.4 Å². The van der Waals surface area contributed by atoms with E-state index in [0.29, 0.717) is 6.07 Å². The molecule has 0 atom stereocenters. The van der Waals surface area contributed by atoms with Crippen molar-refractivity contribution in [2.24, 2.45) is 0 Å². The predicted octanol–water partition coefficient (Wildman–Crippen LogP) is 1.73. The summed E-state index contributed by atoms with van der Waals surface area (Å²) in [5, 5.41) is 11.0. The number of carbonyl (C=O) groups is 3. The van der Waals surface area contributed by atoms with Crippen LogP contribution in [0.4, 0.5) is 24.1 Å². The highest BCUT2D eigenvalue weighted by Gasteiger charge is 2.55. The average molecular weight is 377 g/mol. The van der Waals surface area contributed by atoms with Crippen LogP contribution in [0.3, 0.4) is 0 Å². The summed E-state index contributed by atoms with van der Waals surface area (Å²) >= 11 is 0. The molecule has 0 aromatic heterocycles. The number of anilines is 1. The maximum atomic E-state index is 13.9. The van der Waals surface area contributed by atoms with Gasteiger partial charge in [-0.2, -0.15) is 5.26 Å². The number of nitrogens with one attached hydrogen (secondary N) is 1. The standard InChI is InChI=1S/C17H17F2N5O3/c1-22-14(25)17(23(2)16(22)27)3-5-24(6-4-17)15(26)21-13-8-11(18)10(9-20)7-12(13)19/h7-8H,3-6H2,1-2H3,(H,21,26). The number of piperidine rings is 1. The number of rotatable bonds is 1. The van der Waals surface area contributed by atoms with Gasteiger partial charge in [0.2, 0.25) is 0 Å². The maximum Gasteiger partial charge on any atom is 0.327 e. The summed E-state index contributed by atoms with van der Waals surface area (Å²) in [7, 11) is 2.96. The molecule has 0 unspecified atom stereocenters. The normalized spacial score (nSPS) is 18.9. The highest BCUT2D eigenvalue weighted by Crippen LogP contribution is 2.35. The second-order valence-electron chi connectivity index (χ2n) is 6.58. The summed E-state index contributed by atoms with van der Waals surface area (Å²) < 4.78 is 27.6. The van der Waals surface area contributed by atoms with Gasteiger partial charge in [0.05, 0.1) is 11.3 Å². The Labute approximate surface area is 153 Å². The van der Waals surface area contributed by atoms with E-state index in [-0.39, 0.29) is 37.5 Å². The summed E-state index contributed by atoms with van der Waals surface area (Å²) in [4.78, 5) is 40.6. The largest absolute Gasteiger partial charge is 0.327 e. The molecule has 10 heteroatoms. The van der Waals surface area contributed by atoms with Gasteiger partial charge in [0.15, 0.2) is 0 Å². The fourth-order valence-electron chi connectivity index (χ4n) is 3.50. The lowest BCUT2D eigenvalue weighted by Crippen LogP contribution is -2.56. The Kier molecular flexibility index (Phi) is 4.47. The van der Waals surface area contributed by atoms with E-state index in [1.807, 2.05) is 0 Å². The van der Waals surface area contributed by atoms with Crippen LogP contribution in [0.15, 0.2) is 12.1 Å². The predicted molar refractivity (Wildman–Crippen MR) is 89.6 cm³/mol. The molecule has 2 aliphatic heterocycles. The minimum atomic E-state index is -0.978. The van der Waals surface area contributed by atoms with Crippen molar-refractivity contribution in [2.75, 3.05) is 32.5 Å². The van der Waals surface area contributed by atoms with Crippen LogP contribution in [-0.4, -0.2) is 65.4 Å². The third-order valence-electron chi connectivity index (χ3n) is 5.22. The van der Waals surface area contributed by atoms with Crippen molar-refractivity contribution in [3.05, 3.63) is 29.3 Å². The van der Waals surface area contributed by atoms with Gasteiger partial charge in [-0.15, -0.1) is 0 Å². The number of hydrogen-bond acceptors (Lipinski definition) is 4. The Balaban J connectivity index is 1.70. The summed E-state index contributed by atoms with van der Waals surface area (Å²) in [6, 6.07) is 1.93. The molecule has 27 heavy (non-hydrogen) atoms. The molecule has 1 N–H and O–H groups in total. The van der Waals surface area contributed by atoms with Crippen LogP contribution in [0.25, 0.3) is 0 Å². The Morgan fingerprint density at radius 1 is 1.19 bits per heavy atom. The fourth-order valence-corrected chi connectivity index (χ4v) is 3.50. The van der Waals surface area contributed by atoms with Gasteiger partial charge >= 0.3 is 12.1 Å². The Bertz CT molecular complexity index is 874. The summed E-state index contributed by atoms with van der Waals surface area (Å²) in [5.41, 5.74) is -1.81. The summed E-state index contributed by atoms with van der Waals surface area (Å²) in [6.45, 7) is 0.340. The zero-order valence-corrected chi connectivity index (χ0v) is 14.8. The van der Waals surface area contributed by atoms with E-state index in [4.69, 9.17) is 5.26 Å². The number of imide groups is 1. The first-order chi connectivity index (χ1) is 12.7. The summed E-state index contributed by atoms with van der Waals surface area (Å²) in [5.74, 6) is -2.17. The molecule has 3 rings (SSSR count). The molecule has 2 saturated heterocycles. The van der Waals surface area contributed by atoms with Crippen LogP contribution in [0.5, 0.6) is 0 Å². The van der Waals surface area contributed by atoms with Crippen molar-refractivity contribution < 1.29 is 23.2 Å². The lowest BCUT2D eigenvalue weighted by molar-refractivity contribution is -0.134. The number of likely N-dealkylation sites (tertiary alicyclic amines) is 1. The number of halogens is 2. The summed E-state index contributed by atoms with van der Waals surface area (Å²) in [6.07, 6.45) is 0.492. The Morgan fingerprint density at radius 2 is 1.81 bits per heavy atom. The van der Waals surface area contributed by atoms with E-state index in [1.54, 1.807) is 7.05 Å². The van der Waals surface area contributed by atoms with Crippen LogP contribution < -0.4 is 5.32 Å². The topological polar surface area (TPSA) is 96.8 Å². The van der Waals surface area contributed by atoms with Gasteiger partial charge in [0.1, 0.15) is 23.2 Å². The first-order valence-corrected chi connectivity index (χ1v) is 8.22. The van der Waals surface area contributed by atoms with Gasteiger partial charge in [-0.25, -0.2) is 18.4 Å². The number of likely N-dealkylation sites (N-methyl/N-ethyl adjacent to an activating group) is 2. The monoisotopic (exact) mass is 377 g/mol. The van der Waals surface area contributed by atoms with Crippen LogP contribution in [0.1, 0.15) is 18.4 Å². The molecule has 2 aliphatic rings. The maximum absolute atomic E-state index is 13.9. The van der Waals surface area contributed by atoms with Crippen molar-refractivity contribution >= 4 is 23.7 Å². The van der Waals surface area contributed by atoms with E-state index in [9.17, 15) is 23.2 Å². The lowest BCUT2D eigenvalue weighted by atomic mass is 9.86. The number of nitrogens with zero attached hydrogens (tertiary/aromatic N) is 4. The number of carbonyl (C=O) groups excluding carboxylic acids is 3. The zero-order chi connectivity index (χ0) is 19.9. The van der Waals surface area contributed by atoms with E-state index < -0.39 is 34.8 Å². The quantitative estimate of drug-likeness (QED) is 0.754. The smallest absolute Gasteiger partial charge is 0.324 e. The number of benzene rings is 1. The van der Waals surface area contributed by atoms with Crippen molar-refractivity contribution in [1.82, 2.24) is 14.7 Å². The molecule has 0 bridgehead atoms. The van der Waals surface area contributed by atoms with E-state index in [1.165, 1.54) is 22.9 Å². The number of hydrogen-bond donors (Lipinski definition) is 1.